The highest BCUT2D eigenvalue weighted by Crippen LogP contribution is 2.10. The third-order valence-electron chi connectivity index (χ3n) is 5.70. The van der Waals surface area contributed by atoms with Crippen LogP contribution in [0.15, 0.2) is 0 Å². The lowest BCUT2D eigenvalue weighted by Gasteiger charge is -2.21. The molecule has 0 saturated heterocycles. The zero-order valence-corrected chi connectivity index (χ0v) is 26.6. The molecule has 0 aliphatic rings. The summed E-state index contributed by atoms with van der Waals surface area (Å²) >= 11 is 0. The third kappa shape index (κ3) is 34.8. The zero-order chi connectivity index (χ0) is 34.0. The lowest BCUT2D eigenvalue weighted by atomic mass is 10.0. The summed E-state index contributed by atoms with van der Waals surface area (Å²) < 4.78 is 19.8. The minimum absolute atomic E-state index is 0. The normalized spacial score (nSPS) is 11.2. The summed E-state index contributed by atoms with van der Waals surface area (Å²) in [6.45, 7) is 10.2. The molecule has 0 aromatic heterocycles. The van der Waals surface area contributed by atoms with Gasteiger partial charge < -0.3 is 40.2 Å². The summed E-state index contributed by atoms with van der Waals surface area (Å²) in [5, 5.41) is 9.55. The molecule has 16 nitrogen and oxygen atoms in total. The van der Waals surface area contributed by atoms with Crippen LogP contribution in [-0.4, -0.2) is 92.2 Å². The van der Waals surface area contributed by atoms with Crippen molar-refractivity contribution in [1.82, 2.24) is 21.3 Å². The van der Waals surface area contributed by atoms with Gasteiger partial charge in [-0.25, -0.2) is 9.59 Å². The fourth-order valence-corrected chi connectivity index (χ4v) is 3.47. The Morgan fingerprint density at radius 1 is 0.547 bits per heavy atom. The lowest BCUT2D eigenvalue weighted by Crippen LogP contribution is -2.46. The summed E-state index contributed by atoms with van der Waals surface area (Å²) in [4.78, 5) is 96.7. The van der Waals surface area contributed by atoms with Crippen LogP contribution in [0.4, 0.5) is 0 Å². The minimum atomic E-state index is -1.29. The van der Waals surface area contributed by atoms with Crippen molar-refractivity contribution in [3.05, 3.63) is 0 Å². The van der Waals surface area contributed by atoms with Gasteiger partial charge in [-0.15, -0.1) is 0 Å². The third-order valence-corrected chi connectivity index (χ3v) is 5.70. The Labute approximate surface area is 323 Å². The number of carbonyl (C=O) groups excluding carboxylic acids is 8. The van der Waals surface area contributed by atoms with E-state index < -0.39 is 85.5 Å². The Morgan fingerprint density at radius 3 is 1.25 bits per heavy atom. The maximum atomic E-state index is 12.7. The monoisotopic (exact) mass is 775 g/mol. The van der Waals surface area contributed by atoms with E-state index >= 15 is 0 Å². The van der Waals surface area contributed by atoms with Crippen LogP contribution in [-0.2, 0) is 57.3 Å². The van der Waals surface area contributed by atoms with Gasteiger partial charge in [-0.05, 0) is 45.4 Å². The van der Waals surface area contributed by atoms with E-state index in [4.69, 9.17) is 18.9 Å². The van der Waals surface area contributed by atoms with E-state index in [1.807, 2.05) is 13.8 Å². The molecule has 0 radical (unpaired) electrons. The van der Waals surface area contributed by atoms with Crippen molar-refractivity contribution in [3.63, 3.8) is 0 Å². The maximum Gasteiger partial charge on any atom is 0.331 e. The van der Waals surface area contributed by atoms with Crippen LogP contribution >= 0.6 is 0 Å². The van der Waals surface area contributed by atoms with Crippen LogP contribution in [0.2, 0.25) is 0 Å². The van der Waals surface area contributed by atoms with Crippen molar-refractivity contribution in [2.45, 2.75) is 165 Å². The fraction of sp³-hybridized carbons (Fsp3) is 0.784. The number of hydrogen-bond donors (Lipinski definition) is 4. The summed E-state index contributed by atoms with van der Waals surface area (Å²) in [6, 6.07) is -2.27. The van der Waals surface area contributed by atoms with Gasteiger partial charge in [0.1, 0.15) is 30.4 Å². The Morgan fingerprint density at radius 2 is 0.906 bits per heavy atom. The molecule has 0 rings (SSSR count). The van der Waals surface area contributed by atoms with E-state index in [1.165, 1.54) is 27.9 Å². The number of Topliss-reactive ketones (excluding diaryl/α,β-unsaturated/α-hetero) is 1. The molecule has 4 atom stereocenters. The number of ether oxygens (including phenoxy) is 4. The highest BCUT2D eigenvalue weighted by Gasteiger charge is 2.28. The summed E-state index contributed by atoms with van der Waals surface area (Å²) in [5.41, 5.74) is 0. The van der Waals surface area contributed by atoms with Gasteiger partial charge in [0.15, 0.2) is 6.10 Å². The predicted molar refractivity (Wildman–Crippen MR) is 213 cm³/mol. The van der Waals surface area contributed by atoms with Crippen LogP contribution in [0.1, 0.15) is 141 Å². The molecule has 53 heavy (non-hydrogen) atoms. The Bertz CT molecular complexity index is 1040. The van der Waals surface area contributed by atoms with Gasteiger partial charge in [0.25, 0.3) is 5.91 Å². The second-order valence-corrected chi connectivity index (χ2v) is 10.9. The molecule has 0 aliphatic carbocycles. The molecule has 0 spiro atoms. The van der Waals surface area contributed by atoms with Gasteiger partial charge in [0.05, 0.1) is 13.1 Å². The number of rotatable bonds is 20. The van der Waals surface area contributed by atoms with Crippen molar-refractivity contribution < 1.29 is 57.3 Å². The van der Waals surface area contributed by atoms with Crippen molar-refractivity contribution >= 4 is 47.3 Å². The van der Waals surface area contributed by atoms with E-state index in [-0.39, 0.29) is 104 Å². The molecule has 0 aliphatic heterocycles. The van der Waals surface area contributed by atoms with Gasteiger partial charge in [0.2, 0.25) is 24.5 Å². The molecule has 0 aromatic carbocycles. The van der Waals surface area contributed by atoms with Crippen molar-refractivity contribution in [1.29, 1.82) is 0 Å². The predicted octanol–water partition coefficient (Wildman–Crippen LogP) is 5.34. The molecule has 16 heteroatoms. The SMILES string of the molecule is C.C.C.C.C.C.C.C.C.COC(C)C(=O)NCNC(=O)C(C)OC(=O)CC(=O)NC(CC(C)C)C(=O)OCOC(=O)C(CC(C)C)NC(=O)CC(C)=O. The number of amides is 4. The van der Waals surface area contributed by atoms with Crippen LogP contribution < -0.4 is 21.3 Å². The average Bonchev–Trinajstić information content (AvgIpc) is 2.90. The number of esters is 3. The van der Waals surface area contributed by atoms with Crippen molar-refractivity contribution in [2.75, 3.05) is 20.6 Å². The van der Waals surface area contributed by atoms with Crippen LogP contribution in [0.5, 0.6) is 0 Å². The number of nitrogens with one attached hydrogen (secondary N) is 4. The average molecular weight is 775 g/mol. The van der Waals surface area contributed by atoms with Crippen LogP contribution in [0, 0.1) is 11.8 Å². The minimum Gasteiger partial charge on any atom is -0.452 e. The van der Waals surface area contributed by atoms with Gasteiger partial charge in [-0.1, -0.05) is 94.5 Å². The second kappa shape index (κ2) is 39.1. The van der Waals surface area contributed by atoms with Crippen LogP contribution in [0.3, 0.4) is 0 Å². The largest absolute Gasteiger partial charge is 0.452 e. The Balaban J connectivity index is -0.000000257. The zero-order valence-electron chi connectivity index (χ0n) is 26.6. The fourth-order valence-electron chi connectivity index (χ4n) is 3.47. The highest BCUT2D eigenvalue weighted by atomic mass is 16.7. The molecule has 0 fully saturated rings. The van der Waals surface area contributed by atoms with Crippen LogP contribution in [0.25, 0.3) is 0 Å². The first-order valence-electron chi connectivity index (χ1n) is 14.2. The number of hydrogen-bond acceptors (Lipinski definition) is 12. The first kappa shape index (κ1) is 74.2. The molecule has 4 N–H and O–H groups in total. The number of carbonyl (C=O) groups is 8. The molecule has 4 amide bonds. The highest BCUT2D eigenvalue weighted by molar-refractivity contribution is 5.98. The van der Waals surface area contributed by atoms with Gasteiger partial charge >= 0.3 is 17.9 Å². The van der Waals surface area contributed by atoms with Crippen molar-refractivity contribution in [2.24, 2.45) is 11.8 Å². The quantitative estimate of drug-likeness (QED) is 0.0699. The summed E-state index contributed by atoms with van der Waals surface area (Å²) in [7, 11) is 1.35. The molecule has 322 valence electrons. The Hall–Kier alpha value is -4.08. The molecule has 0 aromatic rings. The van der Waals surface area contributed by atoms with Gasteiger partial charge in [-0.2, -0.15) is 0 Å². The summed E-state index contributed by atoms with van der Waals surface area (Å²) in [5.74, 6) is -6.07. The first-order chi connectivity index (χ1) is 20.5. The second-order valence-electron chi connectivity index (χ2n) is 10.9. The van der Waals surface area contributed by atoms with E-state index in [9.17, 15) is 38.4 Å². The van der Waals surface area contributed by atoms with Gasteiger partial charge in [-0.3, -0.25) is 28.8 Å². The van der Waals surface area contributed by atoms with E-state index in [1.54, 1.807) is 13.8 Å². The lowest BCUT2D eigenvalue weighted by molar-refractivity contribution is -0.172. The first-order valence-corrected chi connectivity index (χ1v) is 14.2. The summed E-state index contributed by atoms with van der Waals surface area (Å²) in [6.07, 6.45) is -2.90. The maximum absolute atomic E-state index is 12.7. The standard InChI is InChI=1S/C28H46N4O12.9CH4/c1-15(2)9-20(31-22(34)11-17(5)33)27(39)42-14-43-28(40)21(10-16(3)4)32-23(35)12-24(36)44-19(7)26(38)30-13-29-25(37)18(6)41-8;;;;;;;;;/h15-16,18-21H,9-14H2,1-8H3,(H,29,37)(H,30,38)(H,31,34)(H,32,35);9*1H4. The molecular formula is C37H82N4O12. The number of ketones is 1. The van der Waals surface area contributed by atoms with E-state index in [0.717, 1.165) is 0 Å². The smallest absolute Gasteiger partial charge is 0.331 e. The van der Waals surface area contributed by atoms with E-state index in [0.29, 0.717) is 0 Å². The van der Waals surface area contributed by atoms with E-state index in [2.05, 4.69) is 21.3 Å². The number of methoxy groups -OCH3 is 1. The molecular weight excluding hydrogens is 692 g/mol. The molecule has 0 bridgehead atoms. The molecule has 4 unspecified atom stereocenters. The topological polar surface area (TPSA) is 222 Å². The molecule has 0 saturated carbocycles. The Kier molecular flexibility index (Phi) is 54.8. The molecule has 0 heterocycles. The van der Waals surface area contributed by atoms with Gasteiger partial charge in [0, 0.05) is 7.11 Å². The van der Waals surface area contributed by atoms with Crippen molar-refractivity contribution in [3.8, 4) is 0 Å².